The number of aromatic amines is 1. The van der Waals surface area contributed by atoms with Crippen LogP contribution in [-0.4, -0.2) is 25.6 Å². The summed E-state index contributed by atoms with van der Waals surface area (Å²) in [6.45, 7) is 8.43. The van der Waals surface area contributed by atoms with Crippen molar-refractivity contribution in [1.29, 1.82) is 0 Å². The van der Waals surface area contributed by atoms with Gasteiger partial charge in [-0.3, -0.25) is 4.98 Å². The summed E-state index contributed by atoms with van der Waals surface area (Å²) in [5, 5.41) is 14.1. The van der Waals surface area contributed by atoms with Crippen molar-refractivity contribution in [1.82, 2.24) is 25.6 Å². The minimum absolute atomic E-state index is 0.0314. The summed E-state index contributed by atoms with van der Waals surface area (Å²) in [5.41, 5.74) is 3.11. The lowest BCUT2D eigenvalue weighted by molar-refractivity contribution is 0.589. The number of hydrogen-bond acceptors (Lipinski definition) is 4. The van der Waals surface area contributed by atoms with Crippen LogP contribution in [0, 0.1) is 6.92 Å². The van der Waals surface area contributed by atoms with Gasteiger partial charge in [0.25, 0.3) is 0 Å². The first-order valence-electron chi connectivity index (χ1n) is 5.20. The smallest absolute Gasteiger partial charge is 0.206 e. The molecule has 2 aromatic rings. The van der Waals surface area contributed by atoms with E-state index in [2.05, 4.69) is 46.4 Å². The van der Waals surface area contributed by atoms with E-state index in [1.807, 2.05) is 19.2 Å². The van der Waals surface area contributed by atoms with Gasteiger partial charge in [-0.05, 0) is 29.2 Å². The molecule has 0 aromatic carbocycles. The van der Waals surface area contributed by atoms with Crippen LogP contribution in [0.25, 0.3) is 11.4 Å². The molecule has 5 heteroatoms. The minimum Gasteiger partial charge on any atom is -0.261 e. The maximum Gasteiger partial charge on any atom is 0.206 e. The van der Waals surface area contributed by atoms with E-state index in [1.54, 1.807) is 0 Å². The molecule has 2 aromatic heterocycles. The predicted octanol–water partition coefficient (Wildman–Crippen LogP) is 1.87. The molecule has 0 bridgehead atoms. The van der Waals surface area contributed by atoms with Crippen molar-refractivity contribution < 1.29 is 0 Å². The average Bonchev–Trinajstić information content (AvgIpc) is 2.68. The van der Waals surface area contributed by atoms with Crippen LogP contribution in [0.15, 0.2) is 12.3 Å². The van der Waals surface area contributed by atoms with Gasteiger partial charge in [0.15, 0.2) is 0 Å². The van der Waals surface area contributed by atoms with Gasteiger partial charge in [0.2, 0.25) is 5.82 Å². The Bertz CT molecular complexity index is 482. The molecular formula is C11H15N5. The second kappa shape index (κ2) is 3.66. The molecule has 2 heterocycles. The maximum absolute atomic E-state index is 4.29. The molecule has 0 saturated carbocycles. The summed E-state index contributed by atoms with van der Waals surface area (Å²) >= 11 is 0. The van der Waals surface area contributed by atoms with Crippen molar-refractivity contribution in [3.63, 3.8) is 0 Å². The van der Waals surface area contributed by atoms with Crippen LogP contribution in [0.3, 0.4) is 0 Å². The Hall–Kier alpha value is -1.78. The van der Waals surface area contributed by atoms with Crippen LogP contribution >= 0.6 is 0 Å². The predicted molar refractivity (Wildman–Crippen MR) is 60.8 cm³/mol. The van der Waals surface area contributed by atoms with Crippen molar-refractivity contribution in [2.45, 2.75) is 33.1 Å². The third kappa shape index (κ3) is 1.80. The summed E-state index contributed by atoms with van der Waals surface area (Å²) < 4.78 is 0. The fourth-order valence-electron chi connectivity index (χ4n) is 1.74. The van der Waals surface area contributed by atoms with Crippen molar-refractivity contribution in [2.75, 3.05) is 0 Å². The monoisotopic (exact) mass is 217 g/mol. The Morgan fingerprint density at radius 2 is 2.00 bits per heavy atom. The van der Waals surface area contributed by atoms with Gasteiger partial charge in [0, 0.05) is 17.5 Å². The second-order valence-corrected chi connectivity index (χ2v) is 4.80. The fraction of sp³-hybridized carbons (Fsp3) is 0.455. The number of H-pyrrole nitrogens is 1. The normalized spacial score (nSPS) is 11.8. The first-order valence-corrected chi connectivity index (χ1v) is 5.20. The number of nitrogens with zero attached hydrogens (tertiary/aromatic N) is 4. The van der Waals surface area contributed by atoms with Crippen LogP contribution < -0.4 is 0 Å². The van der Waals surface area contributed by atoms with Crippen molar-refractivity contribution in [3.8, 4) is 11.4 Å². The zero-order chi connectivity index (χ0) is 11.8. The van der Waals surface area contributed by atoms with Crippen LogP contribution in [0.1, 0.15) is 32.0 Å². The van der Waals surface area contributed by atoms with Crippen LogP contribution in [0.5, 0.6) is 0 Å². The van der Waals surface area contributed by atoms with E-state index < -0.39 is 0 Å². The molecule has 0 amide bonds. The Kier molecular flexibility index (Phi) is 2.46. The van der Waals surface area contributed by atoms with Crippen molar-refractivity contribution in [3.05, 3.63) is 23.5 Å². The third-order valence-corrected chi connectivity index (χ3v) is 2.52. The molecule has 0 aliphatic carbocycles. The fourth-order valence-corrected chi connectivity index (χ4v) is 1.74. The zero-order valence-electron chi connectivity index (χ0n) is 9.94. The van der Waals surface area contributed by atoms with Gasteiger partial charge in [-0.1, -0.05) is 20.8 Å². The Morgan fingerprint density at radius 1 is 1.25 bits per heavy atom. The molecule has 0 unspecified atom stereocenters. The van der Waals surface area contributed by atoms with E-state index in [0.717, 1.165) is 11.3 Å². The molecule has 5 nitrogen and oxygen atoms in total. The number of nitrogens with one attached hydrogen (secondary N) is 1. The van der Waals surface area contributed by atoms with Crippen LogP contribution in [0.4, 0.5) is 0 Å². The number of pyridine rings is 1. The molecule has 0 radical (unpaired) electrons. The van der Waals surface area contributed by atoms with E-state index in [-0.39, 0.29) is 5.41 Å². The van der Waals surface area contributed by atoms with E-state index in [4.69, 9.17) is 0 Å². The first kappa shape index (κ1) is 10.7. The molecule has 16 heavy (non-hydrogen) atoms. The summed E-state index contributed by atoms with van der Waals surface area (Å²) in [6.07, 6.45) is 1.82. The number of rotatable bonds is 1. The number of tetrazole rings is 1. The molecule has 0 saturated heterocycles. The minimum atomic E-state index is 0.0314. The lowest BCUT2D eigenvalue weighted by Gasteiger charge is -2.22. The molecule has 0 spiro atoms. The third-order valence-electron chi connectivity index (χ3n) is 2.52. The molecular weight excluding hydrogens is 202 g/mol. The molecule has 84 valence electrons. The summed E-state index contributed by atoms with van der Waals surface area (Å²) in [4.78, 5) is 4.29. The largest absolute Gasteiger partial charge is 0.261 e. The lowest BCUT2D eigenvalue weighted by atomic mass is 9.83. The van der Waals surface area contributed by atoms with E-state index >= 15 is 0 Å². The van der Waals surface area contributed by atoms with E-state index in [9.17, 15) is 0 Å². The zero-order valence-corrected chi connectivity index (χ0v) is 9.94. The highest BCUT2D eigenvalue weighted by Crippen LogP contribution is 2.32. The number of hydrogen-bond donors (Lipinski definition) is 1. The second-order valence-electron chi connectivity index (χ2n) is 4.80. The summed E-state index contributed by atoms with van der Waals surface area (Å²) in [5.74, 6) is 0.607. The van der Waals surface area contributed by atoms with Crippen molar-refractivity contribution in [2.24, 2.45) is 0 Å². The molecule has 0 atom stereocenters. The highest BCUT2D eigenvalue weighted by molar-refractivity contribution is 5.63. The van der Waals surface area contributed by atoms with Gasteiger partial charge in [-0.2, -0.15) is 5.21 Å². The lowest BCUT2D eigenvalue weighted by Crippen LogP contribution is -2.14. The molecule has 0 fully saturated rings. The van der Waals surface area contributed by atoms with Gasteiger partial charge < -0.3 is 0 Å². The van der Waals surface area contributed by atoms with Gasteiger partial charge in [0.05, 0.1) is 0 Å². The van der Waals surface area contributed by atoms with Crippen molar-refractivity contribution >= 4 is 0 Å². The van der Waals surface area contributed by atoms with Crippen LogP contribution in [0.2, 0.25) is 0 Å². The highest BCUT2D eigenvalue weighted by Gasteiger charge is 2.22. The van der Waals surface area contributed by atoms with Gasteiger partial charge >= 0.3 is 0 Å². The first-order chi connectivity index (χ1) is 7.50. The van der Waals surface area contributed by atoms with Gasteiger partial charge in [0.1, 0.15) is 0 Å². The number of aryl methyl sites for hydroxylation is 1. The maximum atomic E-state index is 4.29. The SMILES string of the molecule is Cc1nccc(C(C)(C)C)c1-c1nn[nH]n1. The Morgan fingerprint density at radius 3 is 2.56 bits per heavy atom. The Labute approximate surface area is 94.3 Å². The quantitative estimate of drug-likeness (QED) is 0.791. The molecule has 2 rings (SSSR count). The van der Waals surface area contributed by atoms with Gasteiger partial charge in [-0.15, -0.1) is 10.2 Å². The average molecular weight is 217 g/mol. The molecule has 0 aliphatic heterocycles. The Balaban J connectivity index is 2.68. The van der Waals surface area contributed by atoms with E-state index in [1.165, 1.54) is 5.56 Å². The molecule has 1 N–H and O–H groups in total. The number of aromatic nitrogens is 5. The summed E-state index contributed by atoms with van der Waals surface area (Å²) in [7, 11) is 0. The standard InChI is InChI=1S/C11H15N5/c1-7-9(10-13-15-16-14-10)8(5-6-12-7)11(2,3)4/h5-6H,1-4H3,(H,13,14,15,16). The molecule has 0 aliphatic rings. The van der Waals surface area contributed by atoms with Gasteiger partial charge in [-0.25, -0.2) is 0 Å². The van der Waals surface area contributed by atoms with E-state index in [0.29, 0.717) is 5.82 Å². The topological polar surface area (TPSA) is 67.3 Å². The summed E-state index contributed by atoms with van der Waals surface area (Å²) in [6, 6.07) is 2.01. The van der Waals surface area contributed by atoms with Crippen LogP contribution in [-0.2, 0) is 5.41 Å². The highest BCUT2D eigenvalue weighted by atomic mass is 15.5.